The molecule has 0 spiro atoms. The number of rotatable bonds is 8. The summed E-state index contributed by atoms with van der Waals surface area (Å²) in [5.41, 5.74) is 0. The quantitative estimate of drug-likeness (QED) is 0.347. The van der Waals surface area contributed by atoms with Crippen molar-refractivity contribution in [3.63, 3.8) is 0 Å². The molecule has 0 fully saturated rings. The average Bonchev–Trinajstić information content (AvgIpc) is 2.16. The highest BCUT2D eigenvalue weighted by Crippen LogP contribution is 2.16. The van der Waals surface area contributed by atoms with Gasteiger partial charge in [-0.25, -0.2) is 0 Å². The van der Waals surface area contributed by atoms with E-state index in [1.165, 1.54) is 19.3 Å². The molecule has 1 nitrogen and oxygen atoms in total. The van der Waals surface area contributed by atoms with E-state index in [0.717, 1.165) is 12.8 Å². The van der Waals surface area contributed by atoms with Crippen molar-refractivity contribution in [2.75, 3.05) is 0 Å². The zero-order valence-corrected chi connectivity index (χ0v) is 12.3. The van der Waals surface area contributed by atoms with E-state index in [1.54, 1.807) is 6.08 Å². The van der Waals surface area contributed by atoms with Gasteiger partial charge in [0.2, 0.25) is 0 Å². The summed E-state index contributed by atoms with van der Waals surface area (Å²) in [4.78, 5) is 0. The average molecular weight is 238 g/mol. The number of terminal acetylenes is 1. The highest BCUT2D eigenvalue weighted by atomic mass is 28.4. The molecule has 0 aromatic rings. The molecule has 0 bridgehead atoms. The van der Waals surface area contributed by atoms with Gasteiger partial charge in [-0.15, -0.1) is 6.42 Å². The van der Waals surface area contributed by atoms with E-state index >= 15 is 0 Å². The molecule has 0 rings (SSSR count). The minimum atomic E-state index is -1.43. The maximum Gasteiger partial charge on any atom is 0.184 e. The van der Waals surface area contributed by atoms with Crippen molar-refractivity contribution >= 4 is 8.32 Å². The predicted octanol–water partition coefficient (Wildman–Crippen LogP) is 4.37. The molecule has 92 valence electrons. The van der Waals surface area contributed by atoms with Gasteiger partial charge < -0.3 is 4.43 Å². The van der Waals surface area contributed by atoms with E-state index in [4.69, 9.17) is 10.8 Å². The van der Waals surface area contributed by atoms with Crippen molar-refractivity contribution in [1.82, 2.24) is 0 Å². The van der Waals surface area contributed by atoms with Crippen LogP contribution in [0.5, 0.6) is 0 Å². The molecular weight excluding hydrogens is 212 g/mol. The van der Waals surface area contributed by atoms with Gasteiger partial charge >= 0.3 is 0 Å². The summed E-state index contributed by atoms with van der Waals surface area (Å²) in [6, 6.07) is 0. The van der Waals surface area contributed by atoms with Crippen LogP contribution in [0.15, 0.2) is 12.2 Å². The van der Waals surface area contributed by atoms with E-state index in [9.17, 15) is 0 Å². The zero-order chi connectivity index (χ0) is 12.4. The normalized spacial score (nSPS) is 13.9. The fraction of sp³-hybridized carbons (Fsp3) is 0.714. The second-order valence-electron chi connectivity index (χ2n) is 5.15. The van der Waals surface area contributed by atoms with Crippen molar-refractivity contribution in [1.29, 1.82) is 0 Å². The van der Waals surface area contributed by atoms with Gasteiger partial charge in [0.15, 0.2) is 8.32 Å². The Kier molecular flexibility index (Phi) is 8.33. The molecule has 1 atom stereocenters. The van der Waals surface area contributed by atoms with Crippen LogP contribution in [0.1, 0.15) is 39.0 Å². The summed E-state index contributed by atoms with van der Waals surface area (Å²) in [6.45, 7) is 8.95. The Bertz CT molecular complexity index is 232. The van der Waals surface area contributed by atoms with Crippen molar-refractivity contribution in [2.24, 2.45) is 0 Å². The summed E-state index contributed by atoms with van der Waals surface area (Å²) in [5.74, 6) is 2.53. The lowest BCUT2D eigenvalue weighted by Crippen LogP contribution is -2.31. The first-order valence-electron chi connectivity index (χ1n) is 6.28. The van der Waals surface area contributed by atoms with Crippen LogP contribution in [0.25, 0.3) is 0 Å². The molecule has 16 heavy (non-hydrogen) atoms. The van der Waals surface area contributed by atoms with Crippen molar-refractivity contribution < 1.29 is 4.43 Å². The predicted molar refractivity (Wildman–Crippen MR) is 75.0 cm³/mol. The van der Waals surface area contributed by atoms with Crippen LogP contribution in [-0.4, -0.2) is 14.4 Å². The summed E-state index contributed by atoms with van der Waals surface area (Å²) in [6.07, 6.45) is 15.3. The fourth-order valence-electron chi connectivity index (χ4n) is 1.63. The van der Waals surface area contributed by atoms with Crippen LogP contribution < -0.4 is 0 Å². The number of hydrogen-bond acceptors (Lipinski definition) is 1. The lowest BCUT2D eigenvalue weighted by molar-refractivity contribution is 0.183. The molecular formula is C14H26OSi. The first-order chi connectivity index (χ1) is 7.49. The Labute approximate surface area is 102 Å². The number of allylic oxidation sites excluding steroid dienone is 1. The minimum Gasteiger partial charge on any atom is -0.414 e. The monoisotopic (exact) mass is 238 g/mol. The van der Waals surface area contributed by atoms with Gasteiger partial charge in [-0.1, -0.05) is 38.2 Å². The second-order valence-corrected chi connectivity index (χ2v) is 9.61. The lowest BCUT2D eigenvalue weighted by Gasteiger charge is -2.25. The molecule has 0 aliphatic carbocycles. The molecule has 0 radical (unpaired) electrons. The first kappa shape index (κ1) is 15.5. The van der Waals surface area contributed by atoms with Crippen molar-refractivity contribution in [2.45, 2.75) is 64.8 Å². The van der Waals surface area contributed by atoms with Gasteiger partial charge in [-0.2, -0.15) is 0 Å². The standard InChI is InChI=1S/C14H26OSi/c1-6-8-10-12-14(13-11-9-7-2)15-16(3,4)5/h1,8,10,14H,7,9,11-13H2,2-5H3. The Balaban J connectivity index is 4.06. The Morgan fingerprint density at radius 1 is 1.31 bits per heavy atom. The third-order valence-corrected chi connectivity index (χ3v) is 3.30. The molecule has 0 aromatic heterocycles. The molecule has 0 saturated carbocycles. The van der Waals surface area contributed by atoms with E-state index in [2.05, 4.69) is 38.6 Å². The topological polar surface area (TPSA) is 9.23 Å². The van der Waals surface area contributed by atoms with Crippen LogP contribution in [0.2, 0.25) is 19.6 Å². The van der Waals surface area contributed by atoms with Gasteiger partial charge in [0.25, 0.3) is 0 Å². The lowest BCUT2D eigenvalue weighted by atomic mass is 10.1. The molecule has 0 saturated heterocycles. The summed E-state index contributed by atoms with van der Waals surface area (Å²) >= 11 is 0. The Morgan fingerprint density at radius 2 is 2.00 bits per heavy atom. The maximum atomic E-state index is 6.15. The SMILES string of the molecule is C#CC=CCC(CCCCC)O[Si](C)(C)C. The first-order valence-corrected chi connectivity index (χ1v) is 9.69. The van der Waals surface area contributed by atoms with Gasteiger partial charge in [-0.3, -0.25) is 0 Å². The molecule has 0 aliphatic rings. The highest BCUT2D eigenvalue weighted by Gasteiger charge is 2.19. The molecule has 0 heterocycles. The largest absolute Gasteiger partial charge is 0.414 e. The molecule has 1 unspecified atom stereocenters. The van der Waals surface area contributed by atoms with E-state index in [1.807, 2.05) is 0 Å². The fourth-order valence-corrected chi connectivity index (χ4v) is 2.85. The Morgan fingerprint density at radius 3 is 2.50 bits per heavy atom. The molecule has 2 heteroatoms. The van der Waals surface area contributed by atoms with Crippen LogP contribution in [0.4, 0.5) is 0 Å². The molecule has 0 N–H and O–H groups in total. The Hall–Kier alpha value is -0.523. The molecule has 0 amide bonds. The smallest absolute Gasteiger partial charge is 0.184 e. The van der Waals surface area contributed by atoms with Gasteiger partial charge in [0, 0.05) is 6.10 Å². The van der Waals surface area contributed by atoms with Gasteiger partial charge in [0.1, 0.15) is 0 Å². The van der Waals surface area contributed by atoms with E-state index < -0.39 is 8.32 Å². The third kappa shape index (κ3) is 10.0. The highest BCUT2D eigenvalue weighted by molar-refractivity contribution is 6.69. The van der Waals surface area contributed by atoms with Crippen LogP contribution >= 0.6 is 0 Å². The zero-order valence-electron chi connectivity index (χ0n) is 11.3. The maximum absolute atomic E-state index is 6.15. The van der Waals surface area contributed by atoms with Crippen LogP contribution in [-0.2, 0) is 4.43 Å². The summed E-state index contributed by atoms with van der Waals surface area (Å²) in [7, 11) is -1.43. The molecule has 0 aliphatic heterocycles. The van der Waals surface area contributed by atoms with Crippen molar-refractivity contribution in [3.8, 4) is 12.3 Å². The van der Waals surface area contributed by atoms with E-state index in [0.29, 0.717) is 6.10 Å². The molecule has 0 aromatic carbocycles. The van der Waals surface area contributed by atoms with Crippen LogP contribution in [0.3, 0.4) is 0 Å². The van der Waals surface area contributed by atoms with Crippen molar-refractivity contribution in [3.05, 3.63) is 12.2 Å². The number of unbranched alkanes of at least 4 members (excludes halogenated alkanes) is 2. The van der Waals surface area contributed by atoms with E-state index in [-0.39, 0.29) is 0 Å². The van der Waals surface area contributed by atoms with Crippen LogP contribution in [0, 0.1) is 12.3 Å². The van der Waals surface area contributed by atoms with Gasteiger partial charge in [0.05, 0.1) is 0 Å². The number of hydrogen-bond donors (Lipinski definition) is 0. The van der Waals surface area contributed by atoms with Gasteiger partial charge in [-0.05, 0) is 38.6 Å². The minimum absolute atomic E-state index is 0.364. The second kappa shape index (κ2) is 8.61. The third-order valence-electron chi connectivity index (χ3n) is 2.26. The summed E-state index contributed by atoms with van der Waals surface area (Å²) in [5, 5.41) is 0. The summed E-state index contributed by atoms with van der Waals surface area (Å²) < 4.78 is 6.15.